The Morgan fingerprint density at radius 2 is 2.14 bits per heavy atom. The van der Waals surface area contributed by atoms with Gasteiger partial charge in [0.1, 0.15) is 12.7 Å². The molecule has 1 atom stereocenters. The molecule has 1 aromatic carbocycles. The fourth-order valence-electron chi connectivity index (χ4n) is 1.62. The highest BCUT2D eigenvalue weighted by molar-refractivity contribution is 5.48. The zero-order valence-corrected chi connectivity index (χ0v) is 12.0. The first-order chi connectivity index (χ1) is 10.1. The van der Waals surface area contributed by atoms with Gasteiger partial charge in [-0.15, -0.1) is 0 Å². The van der Waals surface area contributed by atoms with Crippen LogP contribution in [-0.2, 0) is 11.3 Å². The number of aliphatic hydroxyl groups excluding tert-OH is 2. The van der Waals surface area contributed by atoms with Crippen molar-refractivity contribution in [2.75, 3.05) is 19.8 Å². The van der Waals surface area contributed by atoms with E-state index in [9.17, 15) is 15.2 Å². The summed E-state index contributed by atoms with van der Waals surface area (Å²) in [7, 11) is 0. The molecule has 1 aromatic rings. The van der Waals surface area contributed by atoms with Gasteiger partial charge in [-0.3, -0.25) is 10.1 Å². The molecule has 0 fully saturated rings. The Hall–Kier alpha value is -1.70. The molecule has 7 nitrogen and oxygen atoms in total. The molecule has 0 amide bonds. The van der Waals surface area contributed by atoms with Gasteiger partial charge in [0.25, 0.3) is 0 Å². The third-order valence-electron chi connectivity index (χ3n) is 2.79. The van der Waals surface area contributed by atoms with E-state index in [1.807, 2.05) is 6.92 Å². The summed E-state index contributed by atoms with van der Waals surface area (Å²) < 4.78 is 10.5. The highest BCUT2D eigenvalue weighted by atomic mass is 16.6. The zero-order chi connectivity index (χ0) is 15.7. The summed E-state index contributed by atoms with van der Waals surface area (Å²) in [6.07, 6.45) is 1.06. The van der Waals surface area contributed by atoms with Crippen molar-refractivity contribution in [3.05, 3.63) is 33.9 Å². The molecule has 0 aliphatic rings. The lowest BCUT2D eigenvalue weighted by molar-refractivity contribution is -0.386. The predicted molar refractivity (Wildman–Crippen MR) is 76.2 cm³/mol. The fraction of sp³-hybridized carbons (Fsp3) is 0.571. The molecule has 0 heterocycles. The average molecular weight is 299 g/mol. The molecule has 0 aromatic heterocycles. The molecule has 0 aliphatic heterocycles. The van der Waals surface area contributed by atoms with Gasteiger partial charge in [-0.05, 0) is 24.1 Å². The van der Waals surface area contributed by atoms with Crippen LogP contribution in [0.4, 0.5) is 5.69 Å². The van der Waals surface area contributed by atoms with E-state index in [0.29, 0.717) is 12.2 Å². The first kappa shape index (κ1) is 17.4. The first-order valence-electron chi connectivity index (χ1n) is 6.85. The molecule has 1 unspecified atom stereocenters. The van der Waals surface area contributed by atoms with Crippen LogP contribution >= 0.6 is 0 Å². The number of hydrogen-bond acceptors (Lipinski definition) is 6. The van der Waals surface area contributed by atoms with Crippen molar-refractivity contribution in [3.8, 4) is 5.75 Å². The molecule has 118 valence electrons. The van der Waals surface area contributed by atoms with Crippen molar-refractivity contribution < 1.29 is 24.6 Å². The maximum absolute atomic E-state index is 10.9. The Morgan fingerprint density at radius 3 is 2.76 bits per heavy atom. The lowest BCUT2D eigenvalue weighted by Crippen LogP contribution is -2.24. The highest BCUT2D eigenvalue weighted by Gasteiger charge is 2.17. The van der Waals surface area contributed by atoms with Crippen LogP contribution in [0.5, 0.6) is 5.75 Å². The van der Waals surface area contributed by atoms with Crippen LogP contribution in [0, 0.1) is 10.1 Å². The van der Waals surface area contributed by atoms with Gasteiger partial charge in [-0.25, -0.2) is 0 Å². The average Bonchev–Trinajstić information content (AvgIpc) is 2.49. The smallest absolute Gasteiger partial charge is 0.310 e. The molecule has 21 heavy (non-hydrogen) atoms. The standard InChI is InChI=1S/C14H21NO6/c1-2-3-6-20-9-12(17)10-21-14-7-11(8-16)4-5-13(14)15(18)19/h4-5,7,12,16-17H,2-3,6,8-10H2,1H3. The predicted octanol–water partition coefficient (Wildman–Crippen LogP) is 1.64. The number of nitro groups is 1. The number of ether oxygens (including phenoxy) is 2. The summed E-state index contributed by atoms with van der Waals surface area (Å²) in [4.78, 5) is 10.3. The van der Waals surface area contributed by atoms with Crippen molar-refractivity contribution in [2.45, 2.75) is 32.5 Å². The maximum atomic E-state index is 10.9. The van der Waals surface area contributed by atoms with Gasteiger partial charge in [0, 0.05) is 12.7 Å². The van der Waals surface area contributed by atoms with E-state index in [1.165, 1.54) is 18.2 Å². The number of aliphatic hydroxyl groups is 2. The van der Waals surface area contributed by atoms with Crippen molar-refractivity contribution in [3.63, 3.8) is 0 Å². The van der Waals surface area contributed by atoms with Crippen molar-refractivity contribution in [1.82, 2.24) is 0 Å². The molecule has 0 spiro atoms. The Morgan fingerprint density at radius 1 is 1.38 bits per heavy atom. The van der Waals surface area contributed by atoms with Crippen LogP contribution in [0.25, 0.3) is 0 Å². The largest absolute Gasteiger partial charge is 0.484 e. The van der Waals surface area contributed by atoms with Crippen LogP contribution in [0.3, 0.4) is 0 Å². The van der Waals surface area contributed by atoms with E-state index in [1.54, 1.807) is 0 Å². The van der Waals surface area contributed by atoms with Gasteiger partial charge in [0.2, 0.25) is 0 Å². The van der Waals surface area contributed by atoms with E-state index in [2.05, 4.69) is 0 Å². The molecule has 0 saturated heterocycles. The molecule has 7 heteroatoms. The number of nitro benzene ring substituents is 1. The van der Waals surface area contributed by atoms with Crippen molar-refractivity contribution in [2.24, 2.45) is 0 Å². The van der Waals surface area contributed by atoms with E-state index < -0.39 is 11.0 Å². The molecule has 2 N–H and O–H groups in total. The van der Waals surface area contributed by atoms with Crippen molar-refractivity contribution in [1.29, 1.82) is 0 Å². The van der Waals surface area contributed by atoms with E-state index in [4.69, 9.17) is 14.6 Å². The Balaban J connectivity index is 2.54. The SMILES string of the molecule is CCCCOCC(O)COc1cc(CO)ccc1[N+](=O)[O-]. The number of hydrogen-bond donors (Lipinski definition) is 2. The quantitative estimate of drug-likeness (QED) is 0.387. The maximum Gasteiger partial charge on any atom is 0.310 e. The topological polar surface area (TPSA) is 102 Å². The summed E-state index contributed by atoms with van der Waals surface area (Å²) in [5, 5.41) is 29.6. The van der Waals surface area contributed by atoms with E-state index >= 15 is 0 Å². The van der Waals surface area contributed by atoms with Crippen molar-refractivity contribution >= 4 is 5.69 Å². The Labute approximate surface area is 123 Å². The molecule has 0 radical (unpaired) electrons. The summed E-state index contributed by atoms with van der Waals surface area (Å²) >= 11 is 0. The summed E-state index contributed by atoms with van der Waals surface area (Å²) in [6, 6.07) is 4.11. The summed E-state index contributed by atoms with van der Waals surface area (Å²) in [5.74, 6) is 0.0270. The Bertz CT molecular complexity index is 451. The lowest BCUT2D eigenvalue weighted by atomic mass is 10.2. The molecule has 1 rings (SSSR count). The third kappa shape index (κ3) is 6.07. The molecule has 0 aliphatic carbocycles. The third-order valence-corrected chi connectivity index (χ3v) is 2.79. The van der Waals surface area contributed by atoms with E-state index in [-0.39, 0.29) is 31.3 Å². The van der Waals surface area contributed by atoms with E-state index in [0.717, 1.165) is 12.8 Å². The van der Waals surface area contributed by atoms with Crippen LogP contribution in [0.15, 0.2) is 18.2 Å². The number of rotatable bonds is 10. The summed E-state index contributed by atoms with van der Waals surface area (Å²) in [6.45, 7) is 2.37. The van der Waals surface area contributed by atoms with Gasteiger partial charge in [0.05, 0.1) is 18.1 Å². The number of benzene rings is 1. The van der Waals surface area contributed by atoms with Crippen LogP contribution < -0.4 is 4.74 Å². The van der Waals surface area contributed by atoms with Gasteiger partial charge in [0.15, 0.2) is 5.75 Å². The Kier molecular flexibility index (Phi) is 7.66. The minimum atomic E-state index is -0.862. The first-order valence-corrected chi connectivity index (χ1v) is 6.85. The second-order valence-electron chi connectivity index (χ2n) is 4.61. The van der Waals surface area contributed by atoms with Crippen LogP contribution in [-0.4, -0.2) is 41.1 Å². The number of nitrogens with zero attached hydrogens (tertiary/aromatic N) is 1. The van der Waals surface area contributed by atoms with Crippen LogP contribution in [0.2, 0.25) is 0 Å². The van der Waals surface area contributed by atoms with Gasteiger partial charge >= 0.3 is 5.69 Å². The molecule has 0 bridgehead atoms. The number of unbranched alkanes of at least 4 members (excludes halogenated alkanes) is 1. The monoisotopic (exact) mass is 299 g/mol. The lowest BCUT2D eigenvalue weighted by Gasteiger charge is -2.13. The normalized spacial score (nSPS) is 12.1. The molecular weight excluding hydrogens is 278 g/mol. The molecular formula is C14H21NO6. The summed E-state index contributed by atoms with van der Waals surface area (Å²) in [5.41, 5.74) is 0.301. The molecule has 0 saturated carbocycles. The minimum Gasteiger partial charge on any atom is -0.484 e. The fourth-order valence-corrected chi connectivity index (χ4v) is 1.62. The minimum absolute atomic E-state index is 0.0270. The van der Waals surface area contributed by atoms with Crippen LogP contribution in [0.1, 0.15) is 25.3 Å². The van der Waals surface area contributed by atoms with Gasteiger partial charge in [-0.1, -0.05) is 13.3 Å². The second kappa shape index (κ2) is 9.28. The zero-order valence-electron chi connectivity index (χ0n) is 12.0. The van der Waals surface area contributed by atoms with Gasteiger partial charge < -0.3 is 19.7 Å². The van der Waals surface area contributed by atoms with Gasteiger partial charge in [-0.2, -0.15) is 0 Å². The second-order valence-corrected chi connectivity index (χ2v) is 4.61. The highest BCUT2D eigenvalue weighted by Crippen LogP contribution is 2.28.